The topological polar surface area (TPSA) is 160 Å². The van der Waals surface area contributed by atoms with Crippen LogP contribution in [-0.2, 0) is 54.2 Å². The summed E-state index contributed by atoms with van der Waals surface area (Å²) < 4.78 is 34.0. The van der Waals surface area contributed by atoms with Crippen molar-refractivity contribution in [2.24, 2.45) is 0 Å². The van der Waals surface area contributed by atoms with Gasteiger partial charge in [0.2, 0.25) is 7.44 Å². The van der Waals surface area contributed by atoms with Crippen LogP contribution in [0.3, 0.4) is 0 Å². The number of nitrogens with two attached hydrogens (primary N) is 1. The zero-order valence-corrected chi connectivity index (χ0v) is 29.2. The molecule has 0 unspecified atom stereocenters. The smallest absolute Gasteiger partial charge is 0.324 e. The van der Waals surface area contributed by atoms with Gasteiger partial charge in [0.1, 0.15) is 36.2 Å². The Morgan fingerprint density at radius 2 is 1.38 bits per heavy atom. The molecule has 2 atom stereocenters. The van der Waals surface area contributed by atoms with Crippen molar-refractivity contribution in [2.45, 2.75) is 84.7 Å². The minimum absolute atomic E-state index is 0.157. The predicted octanol–water partition coefficient (Wildman–Crippen LogP) is 5.05. The average molecular weight is 679 g/mol. The van der Waals surface area contributed by atoms with Gasteiger partial charge in [0, 0.05) is 12.7 Å². The molecule has 258 valence electrons. The highest BCUT2D eigenvalue weighted by Crippen LogP contribution is 2.39. The number of hydrogen-bond acceptors (Lipinski definition) is 9. The third-order valence-corrected chi connectivity index (χ3v) is 9.46. The van der Waals surface area contributed by atoms with E-state index in [0.29, 0.717) is 18.0 Å². The Labute approximate surface area is 282 Å². The molecule has 0 aliphatic heterocycles. The van der Waals surface area contributed by atoms with E-state index in [-0.39, 0.29) is 25.8 Å². The molecular weight excluding hydrogens is 631 g/mol. The molecule has 2 aromatic carbocycles. The summed E-state index contributed by atoms with van der Waals surface area (Å²) in [6.45, 7) is 9.59. The lowest BCUT2D eigenvalue weighted by molar-refractivity contribution is -0.150. The fraction of sp³-hybridized carbons (Fsp3) is 0.429. The zero-order valence-electron chi connectivity index (χ0n) is 28.3. The molecule has 0 saturated heterocycles. The summed E-state index contributed by atoms with van der Waals surface area (Å²) in [5.41, 5.74) is 9.52. The minimum Gasteiger partial charge on any atom is -0.462 e. The third kappa shape index (κ3) is 10.5. The maximum absolute atomic E-state index is 14.9. The van der Waals surface area contributed by atoms with Crippen LogP contribution in [-0.4, -0.2) is 63.7 Å². The second-order valence-corrected chi connectivity index (χ2v) is 14.4. The van der Waals surface area contributed by atoms with Gasteiger partial charge in [-0.05, 0) is 63.6 Å². The molecule has 0 bridgehead atoms. The Morgan fingerprint density at radius 1 is 0.854 bits per heavy atom. The van der Waals surface area contributed by atoms with E-state index >= 15 is 0 Å². The molecule has 0 fully saturated rings. The molecule has 0 spiro atoms. The van der Waals surface area contributed by atoms with E-state index in [1.54, 1.807) is 27.7 Å². The Balaban J connectivity index is 1.61. The van der Waals surface area contributed by atoms with E-state index in [0.717, 1.165) is 28.5 Å². The number of hydrogen-bond donors (Lipinski definition) is 3. The number of ether oxygens (including phenoxy) is 3. The van der Waals surface area contributed by atoms with E-state index in [2.05, 4.69) is 20.1 Å². The highest BCUT2D eigenvalue weighted by Gasteiger charge is 2.36. The molecule has 0 aliphatic carbocycles. The van der Waals surface area contributed by atoms with Gasteiger partial charge in [-0.25, -0.2) is 20.1 Å². The van der Waals surface area contributed by atoms with Crippen molar-refractivity contribution < 1.29 is 28.4 Å². The van der Waals surface area contributed by atoms with Gasteiger partial charge in [0.25, 0.3) is 0 Å². The van der Waals surface area contributed by atoms with Crippen LogP contribution in [0.4, 0.5) is 5.82 Å². The Morgan fingerprint density at radius 3 is 1.85 bits per heavy atom. The summed E-state index contributed by atoms with van der Waals surface area (Å²) in [7, 11) is -3.86. The Kier molecular flexibility index (Phi) is 13.3. The molecule has 2 heterocycles. The zero-order chi connectivity index (χ0) is 34.7. The molecule has 2 aromatic heterocycles. The number of rotatable bonds is 18. The summed E-state index contributed by atoms with van der Waals surface area (Å²) in [5, 5.41) is 6.90. The van der Waals surface area contributed by atoms with Gasteiger partial charge in [-0.3, -0.25) is 14.2 Å². The van der Waals surface area contributed by atoms with Crippen LogP contribution < -0.4 is 15.9 Å². The van der Waals surface area contributed by atoms with E-state index < -0.39 is 43.7 Å². The van der Waals surface area contributed by atoms with Gasteiger partial charge in [-0.1, -0.05) is 67.6 Å². The molecule has 0 radical (unpaired) electrons. The number of nitrogen functional groups attached to an aromatic ring is 1. The predicted molar refractivity (Wildman–Crippen MR) is 186 cm³/mol. The van der Waals surface area contributed by atoms with Crippen molar-refractivity contribution >= 4 is 36.2 Å². The van der Waals surface area contributed by atoms with E-state index in [1.165, 1.54) is 6.33 Å². The van der Waals surface area contributed by atoms with Crippen molar-refractivity contribution in [3.8, 4) is 0 Å². The first-order valence-corrected chi connectivity index (χ1v) is 18.2. The van der Waals surface area contributed by atoms with Gasteiger partial charge in [-0.2, -0.15) is 0 Å². The normalized spacial score (nSPS) is 13.1. The summed E-state index contributed by atoms with van der Waals surface area (Å²) in [5.74, 6) is -0.725. The van der Waals surface area contributed by atoms with Crippen molar-refractivity contribution in [3.63, 3.8) is 0 Å². The Hall–Kier alpha value is -4.09. The average Bonchev–Trinajstić information content (AvgIpc) is 3.42. The second-order valence-electron chi connectivity index (χ2n) is 12.1. The van der Waals surface area contributed by atoms with E-state index in [4.69, 9.17) is 19.9 Å². The maximum Gasteiger partial charge on any atom is 0.324 e. The summed E-state index contributed by atoms with van der Waals surface area (Å²) >= 11 is 0. The van der Waals surface area contributed by atoms with Gasteiger partial charge >= 0.3 is 11.9 Å². The molecular formula is C35H47N6O6P. The molecule has 48 heavy (non-hydrogen) atoms. The summed E-state index contributed by atoms with van der Waals surface area (Å²) in [6, 6.07) is 16.7. The number of carbonyl (C=O) groups excluding carboxylic acids is 2. The molecule has 0 amide bonds. The van der Waals surface area contributed by atoms with Crippen LogP contribution in [0, 0.1) is 0 Å². The van der Waals surface area contributed by atoms with Crippen LogP contribution in [0.15, 0.2) is 73.2 Å². The first-order chi connectivity index (χ1) is 23.0. The third-order valence-electron chi connectivity index (χ3n) is 7.46. The molecule has 4 N–H and O–H groups in total. The lowest BCUT2D eigenvalue weighted by Gasteiger charge is -2.29. The minimum atomic E-state index is -3.86. The second kappa shape index (κ2) is 17.3. The number of nitrogens with zero attached hydrogens (tertiary/aromatic N) is 3. The quantitative estimate of drug-likeness (QED) is 0.0735. The van der Waals surface area contributed by atoms with Crippen molar-refractivity contribution in [3.05, 3.63) is 89.9 Å². The lowest BCUT2D eigenvalue weighted by atomic mass is 10.1. The fourth-order valence-electron chi connectivity index (χ4n) is 5.33. The van der Waals surface area contributed by atoms with Crippen LogP contribution in [0.2, 0.25) is 0 Å². The fourth-order valence-corrected chi connectivity index (χ4v) is 7.34. The van der Waals surface area contributed by atoms with Gasteiger partial charge < -0.3 is 24.5 Å². The first kappa shape index (κ1) is 36.7. The molecule has 4 rings (SSSR count). The molecule has 0 saturated carbocycles. The molecule has 13 heteroatoms. The first-order valence-electron chi connectivity index (χ1n) is 16.3. The highest BCUT2D eigenvalue weighted by atomic mass is 31.2. The highest BCUT2D eigenvalue weighted by molar-refractivity contribution is 7.59. The van der Waals surface area contributed by atoms with Gasteiger partial charge in [-0.15, -0.1) is 0 Å². The Bertz CT molecular complexity index is 1610. The summed E-state index contributed by atoms with van der Waals surface area (Å²) in [4.78, 5) is 35.3. The van der Waals surface area contributed by atoms with Crippen molar-refractivity contribution in [1.82, 2.24) is 24.7 Å². The number of nitrogens with one attached hydrogen (secondary N) is 2. The molecule has 12 nitrogen and oxygen atoms in total. The SMILES string of the molecule is CCc1cn(CCOCP(=O)(N[C@@H](Cc2ccccc2)C(=O)OC(C)C)N[C@@H](Cc2ccccc2)C(=O)OC(C)C)c2ncnc(N)c12. The maximum atomic E-state index is 14.9. The van der Waals surface area contributed by atoms with Crippen molar-refractivity contribution in [1.29, 1.82) is 0 Å². The number of esters is 2. The molecule has 0 aliphatic rings. The van der Waals surface area contributed by atoms with Crippen LogP contribution in [0.1, 0.15) is 51.3 Å². The van der Waals surface area contributed by atoms with Crippen LogP contribution >= 0.6 is 7.44 Å². The number of anilines is 1. The van der Waals surface area contributed by atoms with Gasteiger partial charge in [0.15, 0.2) is 0 Å². The standard InChI is InChI=1S/C35H47N6O6P/c1-6-28-21-41(33-31(28)32(36)37-22-38-33)17-18-45-23-48(44,39-29(34(42)46-24(2)3)19-26-13-9-7-10-14-26)40-30(35(43)47-25(4)5)20-27-15-11-8-12-16-27/h7-16,21-22,24-25,29-30H,6,17-20,23H2,1-5H3,(H2,36,37,38)(H2,39,40,44)/t29-,30-/m0/s1. The number of fused-ring (bicyclic) bond motifs is 1. The number of carbonyl (C=O) groups is 2. The molecule has 4 aromatic rings. The lowest BCUT2D eigenvalue weighted by Crippen LogP contribution is -2.47. The van der Waals surface area contributed by atoms with E-state index in [1.807, 2.05) is 78.4 Å². The number of aromatic nitrogens is 3. The number of benzene rings is 2. The van der Waals surface area contributed by atoms with Crippen molar-refractivity contribution in [2.75, 3.05) is 18.7 Å². The number of aryl methyl sites for hydroxylation is 1. The monoisotopic (exact) mass is 678 g/mol. The van der Waals surface area contributed by atoms with Crippen LogP contribution in [0.25, 0.3) is 11.0 Å². The van der Waals surface area contributed by atoms with E-state index in [9.17, 15) is 14.2 Å². The van der Waals surface area contributed by atoms with Crippen LogP contribution in [0.5, 0.6) is 0 Å². The largest absolute Gasteiger partial charge is 0.462 e. The van der Waals surface area contributed by atoms with Gasteiger partial charge in [0.05, 0.1) is 24.2 Å². The summed E-state index contributed by atoms with van der Waals surface area (Å²) in [6.07, 6.45) is 3.42.